The maximum absolute atomic E-state index is 11.8. The van der Waals surface area contributed by atoms with Crippen molar-refractivity contribution in [1.29, 1.82) is 0 Å². The molecule has 1 aliphatic heterocycles. The van der Waals surface area contributed by atoms with Crippen LogP contribution >= 0.6 is 11.8 Å². The highest BCUT2D eigenvalue weighted by atomic mass is 32.2. The van der Waals surface area contributed by atoms with E-state index in [1.165, 1.54) is 0 Å². The van der Waals surface area contributed by atoms with Crippen molar-refractivity contribution >= 4 is 23.6 Å². The summed E-state index contributed by atoms with van der Waals surface area (Å²) in [4.78, 5) is 24.0. The first-order valence-electron chi connectivity index (χ1n) is 5.74. The third-order valence-electron chi connectivity index (χ3n) is 2.73. The summed E-state index contributed by atoms with van der Waals surface area (Å²) in [6.07, 6.45) is 2.00. The van der Waals surface area contributed by atoms with Crippen LogP contribution in [0, 0.1) is 0 Å². The second-order valence-corrected chi connectivity index (χ2v) is 5.40. The van der Waals surface area contributed by atoms with Crippen LogP contribution in [0.3, 0.4) is 0 Å². The third-order valence-corrected chi connectivity index (χ3v) is 4.10. The molecule has 0 bridgehead atoms. The minimum atomic E-state index is -0.826. The van der Waals surface area contributed by atoms with E-state index in [4.69, 9.17) is 5.11 Å². The molecule has 0 saturated carbocycles. The fraction of sp³-hybridized carbons (Fsp3) is 0.818. The molecular weight excluding hydrogens is 226 g/mol. The Hall–Kier alpha value is -0.710. The summed E-state index contributed by atoms with van der Waals surface area (Å²) in [5.74, 6) is 0.289. The molecule has 4 nitrogen and oxygen atoms in total. The van der Waals surface area contributed by atoms with Crippen LogP contribution < -0.4 is 0 Å². The van der Waals surface area contributed by atoms with Gasteiger partial charge in [0.15, 0.2) is 0 Å². The quantitative estimate of drug-likeness (QED) is 0.799. The normalized spacial score (nSPS) is 20.8. The molecule has 1 aliphatic rings. The molecule has 1 amide bonds. The van der Waals surface area contributed by atoms with Crippen molar-refractivity contribution in [2.24, 2.45) is 0 Å². The molecule has 0 radical (unpaired) electrons. The molecule has 1 atom stereocenters. The minimum Gasteiger partial charge on any atom is -0.481 e. The second-order valence-electron chi connectivity index (χ2n) is 3.99. The predicted octanol–water partition coefficient (Wildman–Crippen LogP) is 1.60. The van der Waals surface area contributed by atoms with Crippen molar-refractivity contribution < 1.29 is 14.7 Å². The van der Waals surface area contributed by atoms with Gasteiger partial charge < -0.3 is 10.0 Å². The lowest BCUT2D eigenvalue weighted by atomic mass is 10.2. The van der Waals surface area contributed by atoms with Crippen LogP contribution in [0.4, 0.5) is 0 Å². The Morgan fingerprint density at radius 3 is 2.81 bits per heavy atom. The molecule has 1 rings (SSSR count). The van der Waals surface area contributed by atoms with Crippen LogP contribution in [0.25, 0.3) is 0 Å². The summed E-state index contributed by atoms with van der Waals surface area (Å²) in [6.45, 7) is 3.77. The summed E-state index contributed by atoms with van der Waals surface area (Å²) in [5, 5.41) is 9.04. The molecule has 5 heteroatoms. The van der Waals surface area contributed by atoms with Gasteiger partial charge in [-0.25, -0.2) is 0 Å². The Morgan fingerprint density at radius 1 is 1.44 bits per heavy atom. The Bertz CT molecular complexity index is 258. The van der Waals surface area contributed by atoms with Gasteiger partial charge in [0.25, 0.3) is 0 Å². The van der Waals surface area contributed by atoms with Crippen LogP contribution in [0.2, 0.25) is 0 Å². The molecule has 0 aromatic carbocycles. The fourth-order valence-electron chi connectivity index (χ4n) is 1.74. The molecule has 0 aliphatic carbocycles. The molecule has 0 aromatic rings. The van der Waals surface area contributed by atoms with Gasteiger partial charge in [0, 0.05) is 36.9 Å². The predicted molar refractivity (Wildman–Crippen MR) is 64.6 cm³/mol. The molecule has 1 N–H and O–H groups in total. The zero-order valence-corrected chi connectivity index (χ0v) is 10.5. The van der Waals surface area contributed by atoms with Gasteiger partial charge in [-0.3, -0.25) is 9.59 Å². The number of rotatable bonds is 5. The molecule has 1 saturated heterocycles. The molecule has 1 heterocycles. The highest BCUT2D eigenvalue weighted by Crippen LogP contribution is 2.21. The SMILES string of the molecule is CCC1CN(C(=O)CCCC(=O)O)CCS1. The molecule has 92 valence electrons. The van der Waals surface area contributed by atoms with E-state index in [1.54, 1.807) is 0 Å². The van der Waals surface area contributed by atoms with Crippen molar-refractivity contribution in [3.05, 3.63) is 0 Å². The summed E-state index contributed by atoms with van der Waals surface area (Å²) >= 11 is 1.93. The Labute approximate surface area is 100 Å². The highest BCUT2D eigenvalue weighted by Gasteiger charge is 2.22. The van der Waals surface area contributed by atoms with E-state index in [1.807, 2.05) is 16.7 Å². The number of carbonyl (C=O) groups is 2. The molecule has 1 fully saturated rings. The van der Waals surface area contributed by atoms with E-state index >= 15 is 0 Å². The van der Waals surface area contributed by atoms with E-state index in [0.29, 0.717) is 18.1 Å². The summed E-state index contributed by atoms with van der Waals surface area (Å²) in [5.41, 5.74) is 0. The number of thioether (sulfide) groups is 1. The van der Waals surface area contributed by atoms with Crippen molar-refractivity contribution in [1.82, 2.24) is 4.90 Å². The van der Waals surface area contributed by atoms with Crippen LogP contribution in [-0.2, 0) is 9.59 Å². The maximum atomic E-state index is 11.8. The lowest BCUT2D eigenvalue weighted by Gasteiger charge is -2.32. The van der Waals surface area contributed by atoms with Crippen LogP contribution in [0.5, 0.6) is 0 Å². The number of hydrogen-bond donors (Lipinski definition) is 1. The van der Waals surface area contributed by atoms with Crippen LogP contribution in [0.15, 0.2) is 0 Å². The first kappa shape index (κ1) is 13.4. The number of nitrogens with zero attached hydrogens (tertiary/aromatic N) is 1. The van der Waals surface area contributed by atoms with E-state index in [2.05, 4.69) is 6.92 Å². The van der Waals surface area contributed by atoms with Crippen LogP contribution in [-0.4, -0.2) is 46.0 Å². The van der Waals surface area contributed by atoms with Gasteiger partial charge in [0.1, 0.15) is 0 Å². The van der Waals surface area contributed by atoms with Crippen molar-refractivity contribution in [3.63, 3.8) is 0 Å². The summed E-state index contributed by atoms with van der Waals surface area (Å²) in [7, 11) is 0. The van der Waals surface area contributed by atoms with Gasteiger partial charge >= 0.3 is 5.97 Å². The second kappa shape index (κ2) is 6.78. The van der Waals surface area contributed by atoms with Crippen molar-refractivity contribution in [2.75, 3.05) is 18.8 Å². The number of carboxylic acid groups (broad SMARTS) is 1. The smallest absolute Gasteiger partial charge is 0.303 e. The number of carboxylic acids is 1. The molecular formula is C11H19NO3S. The molecule has 16 heavy (non-hydrogen) atoms. The number of amides is 1. The van der Waals surface area contributed by atoms with Gasteiger partial charge in [-0.2, -0.15) is 11.8 Å². The fourth-order valence-corrected chi connectivity index (χ4v) is 2.92. The average Bonchev–Trinajstić information content (AvgIpc) is 2.28. The largest absolute Gasteiger partial charge is 0.481 e. The average molecular weight is 245 g/mol. The highest BCUT2D eigenvalue weighted by molar-refractivity contribution is 8.00. The van der Waals surface area contributed by atoms with Gasteiger partial charge in [-0.15, -0.1) is 0 Å². The standard InChI is InChI=1S/C11H19NO3S/c1-2-9-8-12(6-7-16-9)10(13)4-3-5-11(14)15/h9H,2-8H2,1H3,(H,14,15). The summed E-state index contributed by atoms with van der Waals surface area (Å²) < 4.78 is 0. The van der Waals surface area contributed by atoms with Gasteiger partial charge in [-0.1, -0.05) is 6.92 Å². The van der Waals surface area contributed by atoms with E-state index < -0.39 is 5.97 Å². The lowest BCUT2D eigenvalue weighted by Crippen LogP contribution is -2.41. The number of carbonyl (C=O) groups excluding carboxylic acids is 1. The number of hydrogen-bond acceptors (Lipinski definition) is 3. The first-order valence-corrected chi connectivity index (χ1v) is 6.79. The van der Waals surface area contributed by atoms with Gasteiger partial charge in [0.2, 0.25) is 5.91 Å². The lowest BCUT2D eigenvalue weighted by molar-refractivity contribution is -0.137. The zero-order chi connectivity index (χ0) is 12.0. The first-order chi connectivity index (χ1) is 7.63. The molecule has 0 aromatic heterocycles. The van der Waals surface area contributed by atoms with Crippen LogP contribution in [0.1, 0.15) is 32.6 Å². The summed E-state index contributed by atoms with van der Waals surface area (Å²) in [6, 6.07) is 0. The maximum Gasteiger partial charge on any atom is 0.303 e. The zero-order valence-electron chi connectivity index (χ0n) is 9.65. The molecule has 0 spiro atoms. The number of aliphatic carboxylic acids is 1. The molecule has 1 unspecified atom stereocenters. The Kier molecular flexibility index (Phi) is 5.66. The topological polar surface area (TPSA) is 57.6 Å². The van der Waals surface area contributed by atoms with E-state index in [-0.39, 0.29) is 12.3 Å². The minimum absolute atomic E-state index is 0.0888. The van der Waals surface area contributed by atoms with Crippen molar-refractivity contribution in [2.45, 2.75) is 37.9 Å². The van der Waals surface area contributed by atoms with Gasteiger partial charge in [0.05, 0.1) is 0 Å². The van der Waals surface area contributed by atoms with E-state index in [0.717, 1.165) is 25.3 Å². The van der Waals surface area contributed by atoms with E-state index in [9.17, 15) is 9.59 Å². The Morgan fingerprint density at radius 2 is 2.19 bits per heavy atom. The Balaban J connectivity index is 2.27. The van der Waals surface area contributed by atoms with Crippen molar-refractivity contribution in [3.8, 4) is 0 Å². The van der Waals surface area contributed by atoms with Gasteiger partial charge in [-0.05, 0) is 12.8 Å². The third kappa shape index (κ3) is 4.43. The monoisotopic (exact) mass is 245 g/mol.